The lowest BCUT2D eigenvalue weighted by molar-refractivity contribution is 0.253. The second-order valence-corrected chi connectivity index (χ2v) is 5.16. The summed E-state index contributed by atoms with van der Waals surface area (Å²) in [4.78, 5) is 0. The van der Waals surface area contributed by atoms with Crippen molar-refractivity contribution in [3.8, 4) is 0 Å². The molecule has 0 spiro atoms. The number of hydrogen-bond acceptors (Lipinski definition) is 2. The van der Waals surface area contributed by atoms with Crippen molar-refractivity contribution in [1.82, 2.24) is 4.72 Å². The maximum Gasteiger partial charge on any atom is 0.209 e. The molecule has 1 rings (SSSR count). The van der Waals surface area contributed by atoms with Crippen LogP contribution in [0.4, 0.5) is 0 Å². The van der Waals surface area contributed by atoms with Gasteiger partial charge in [0.15, 0.2) is 0 Å². The summed E-state index contributed by atoms with van der Waals surface area (Å²) in [6.07, 6.45) is 3.96. The molecular formula is C6H12ClNO2S. The van der Waals surface area contributed by atoms with Gasteiger partial charge in [0.25, 0.3) is 0 Å². The molecule has 5 heteroatoms. The molecule has 0 amide bonds. The molecule has 0 atom stereocenters. The van der Waals surface area contributed by atoms with Gasteiger partial charge in [-0.25, -0.2) is 13.1 Å². The van der Waals surface area contributed by atoms with Gasteiger partial charge in [0.05, 0.1) is 6.26 Å². The van der Waals surface area contributed by atoms with Crippen molar-refractivity contribution >= 4 is 21.6 Å². The monoisotopic (exact) mass is 197 g/mol. The molecule has 0 aromatic rings. The average molecular weight is 198 g/mol. The lowest BCUT2D eigenvalue weighted by atomic mass is 9.79. The Bertz CT molecular complexity index is 227. The Morgan fingerprint density at radius 1 is 1.55 bits per heavy atom. The summed E-state index contributed by atoms with van der Waals surface area (Å²) in [5.41, 5.74) is -0.324. The van der Waals surface area contributed by atoms with Crippen molar-refractivity contribution < 1.29 is 8.42 Å². The number of sulfonamides is 1. The summed E-state index contributed by atoms with van der Waals surface area (Å²) < 4.78 is 24.2. The molecule has 1 aliphatic carbocycles. The van der Waals surface area contributed by atoms with Crippen molar-refractivity contribution in [3.63, 3.8) is 0 Å². The van der Waals surface area contributed by atoms with Gasteiger partial charge in [0.1, 0.15) is 0 Å². The Labute approximate surface area is 72.2 Å². The molecule has 1 N–H and O–H groups in total. The molecule has 1 aliphatic rings. The fourth-order valence-electron chi connectivity index (χ4n) is 1.26. The number of nitrogens with one attached hydrogen (secondary N) is 1. The zero-order valence-corrected chi connectivity index (χ0v) is 8.00. The van der Waals surface area contributed by atoms with Crippen molar-refractivity contribution in [1.29, 1.82) is 0 Å². The van der Waals surface area contributed by atoms with E-state index in [1.807, 2.05) is 0 Å². The Morgan fingerprint density at radius 2 is 2.09 bits per heavy atom. The van der Waals surface area contributed by atoms with Gasteiger partial charge >= 0.3 is 0 Å². The normalized spacial score (nSPS) is 22.7. The third-order valence-electron chi connectivity index (χ3n) is 1.97. The van der Waals surface area contributed by atoms with Gasteiger partial charge in [0, 0.05) is 11.4 Å². The van der Waals surface area contributed by atoms with Crippen LogP contribution in [0.1, 0.15) is 19.3 Å². The Morgan fingerprint density at radius 3 is 2.18 bits per heavy atom. The molecule has 0 aliphatic heterocycles. The molecule has 0 unspecified atom stereocenters. The van der Waals surface area contributed by atoms with Crippen LogP contribution in [0, 0.1) is 0 Å². The second-order valence-electron chi connectivity index (χ2n) is 3.14. The van der Waals surface area contributed by atoms with Crippen molar-refractivity contribution in [2.75, 3.05) is 12.1 Å². The average Bonchev–Trinajstić information content (AvgIpc) is 1.77. The standard InChI is InChI=1S/C6H12ClNO2S/c1-11(9,10)8-6(5-7)3-2-4-6/h8H,2-5H2,1H3. The molecule has 0 heterocycles. The van der Waals surface area contributed by atoms with Crippen LogP contribution >= 0.6 is 11.6 Å². The van der Waals surface area contributed by atoms with Crippen LogP contribution in [0.5, 0.6) is 0 Å². The van der Waals surface area contributed by atoms with E-state index in [1.54, 1.807) is 0 Å². The van der Waals surface area contributed by atoms with Crippen LogP contribution in [-0.2, 0) is 10.0 Å². The minimum atomic E-state index is -3.09. The van der Waals surface area contributed by atoms with Crippen LogP contribution in [0.2, 0.25) is 0 Å². The topological polar surface area (TPSA) is 46.2 Å². The highest BCUT2D eigenvalue weighted by Crippen LogP contribution is 2.33. The third kappa shape index (κ3) is 2.32. The molecule has 0 aromatic carbocycles. The lowest BCUT2D eigenvalue weighted by Crippen LogP contribution is -2.54. The first kappa shape index (κ1) is 9.29. The molecule has 0 aromatic heterocycles. The van der Waals surface area contributed by atoms with E-state index < -0.39 is 10.0 Å². The van der Waals surface area contributed by atoms with Gasteiger partial charge in [-0.05, 0) is 19.3 Å². The summed E-state index contributed by atoms with van der Waals surface area (Å²) in [5.74, 6) is 0.375. The first-order valence-electron chi connectivity index (χ1n) is 3.52. The summed E-state index contributed by atoms with van der Waals surface area (Å²) >= 11 is 5.64. The molecule has 66 valence electrons. The highest BCUT2D eigenvalue weighted by molar-refractivity contribution is 7.88. The minimum absolute atomic E-state index is 0.324. The van der Waals surface area contributed by atoms with E-state index in [4.69, 9.17) is 11.6 Å². The fraction of sp³-hybridized carbons (Fsp3) is 1.00. The number of rotatable bonds is 3. The van der Waals surface area contributed by atoms with Crippen LogP contribution in [0.15, 0.2) is 0 Å². The number of hydrogen-bond donors (Lipinski definition) is 1. The van der Waals surface area contributed by atoms with Gasteiger partial charge in [0.2, 0.25) is 10.0 Å². The van der Waals surface area contributed by atoms with Gasteiger partial charge in [-0.2, -0.15) is 0 Å². The minimum Gasteiger partial charge on any atom is -0.213 e. The van der Waals surface area contributed by atoms with E-state index in [2.05, 4.69) is 4.72 Å². The predicted molar refractivity (Wildman–Crippen MR) is 45.3 cm³/mol. The van der Waals surface area contributed by atoms with Gasteiger partial charge < -0.3 is 0 Å². The SMILES string of the molecule is CS(=O)(=O)NC1(CCl)CCC1. The second kappa shape index (κ2) is 2.92. The van der Waals surface area contributed by atoms with Crippen molar-refractivity contribution in [3.05, 3.63) is 0 Å². The summed E-state index contributed by atoms with van der Waals surface area (Å²) in [7, 11) is -3.09. The number of alkyl halides is 1. The van der Waals surface area contributed by atoms with E-state index in [-0.39, 0.29) is 5.54 Å². The van der Waals surface area contributed by atoms with E-state index in [1.165, 1.54) is 6.26 Å². The van der Waals surface area contributed by atoms with Crippen molar-refractivity contribution in [2.24, 2.45) is 0 Å². The van der Waals surface area contributed by atoms with Crippen LogP contribution < -0.4 is 4.72 Å². The van der Waals surface area contributed by atoms with Gasteiger partial charge in [-0.1, -0.05) is 0 Å². The Balaban J connectivity index is 2.59. The largest absolute Gasteiger partial charge is 0.213 e. The van der Waals surface area contributed by atoms with Gasteiger partial charge in [-0.3, -0.25) is 0 Å². The summed E-state index contributed by atoms with van der Waals surface area (Å²) in [6, 6.07) is 0. The molecule has 1 saturated carbocycles. The van der Waals surface area contributed by atoms with Crippen LogP contribution in [0.3, 0.4) is 0 Å². The molecular weight excluding hydrogens is 186 g/mol. The fourth-order valence-corrected chi connectivity index (χ4v) is 2.74. The number of halogens is 1. The highest BCUT2D eigenvalue weighted by atomic mass is 35.5. The van der Waals surface area contributed by atoms with Crippen LogP contribution in [0.25, 0.3) is 0 Å². The third-order valence-corrected chi connectivity index (χ3v) is 3.28. The maximum atomic E-state index is 10.8. The summed E-state index contributed by atoms with van der Waals surface area (Å²) in [5, 5.41) is 0. The smallest absolute Gasteiger partial charge is 0.209 e. The Hall–Kier alpha value is 0.200. The Kier molecular flexibility index (Phi) is 2.46. The molecule has 3 nitrogen and oxygen atoms in total. The van der Waals surface area contributed by atoms with Crippen LogP contribution in [-0.4, -0.2) is 26.1 Å². The summed E-state index contributed by atoms with van der Waals surface area (Å²) in [6.45, 7) is 0. The lowest BCUT2D eigenvalue weighted by Gasteiger charge is -2.40. The predicted octanol–water partition coefficient (Wildman–Crippen LogP) is 0.697. The zero-order chi connectivity index (χ0) is 8.54. The quantitative estimate of drug-likeness (QED) is 0.677. The van der Waals surface area contributed by atoms with Crippen molar-refractivity contribution in [2.45, 2.75) is 24.8 Å². The maximum absolute atomic E-state index is 10.8. The molecule has 0 saturated heterocycles. The van der Waals surface area contributed by atoms with E-state index >= 15 is 0 Å². The van der Waals surface area contributed by atoms with E-state index in [9.17, 15) is 8.42 Å². The first-order chi connectivity index (χ1) is 4.97. The molecule has 0 radical (unpaired) electrons. The molecule has 11 heavy (non-hydrogen) atoms. The van der Waals surface area contributed by atoms with Gasteiger partial charge in [-0.15, -0.1) is 11.6 Å². The molecule has 0 bridgehead atoms. The zero-order valence-electron chi connectivity index (χ0n) is 6.43. The van der Waals surface area contributed by atoms with E-state index in [0.29, 0.717) is 5.88 Å². The van der Waals surface area contributed by atoms with E-state index in [0.717, 1.165) is 19.3 Å². The first-order valence-corrected chi connectivity index (χ1v) is 5.95. The highest BCUT2D eigenvalue weighted by Gasteiger charge is 2.38. The molecule has 1 fully saturated rings.